The highest BCUT2D eigenvalue weighted by atomic mass is 16.5. The average Bonchev–Trinajstić information content (AvgIpc) is 3.12. The number of fused-ring (bicyclic) bond motifs is 3. The molecule has 7 nitrogen and oxygen atoms in total. The minimum atomic E-state index is -0.245. The number of imidazole rings is 1. The van der Waals surface area contributed by atoms with Crippen LogP contribution >= 0.6 is 0 Å². The molecule has 1 aromatic carbocycles. The predicted octanol–water partition coefficient (Wildman–Crippen LogP) is 2.35. The Labute approximate surface area is 154 Å². The lowest BCUT2D eigenvalue weighted by Crippen LogP contribution is -2.20. The summed E-state index contributed by atoms with van der Waals surface area (Å²) in [5.41, 5.74) is 3.06. The molecule has 0 aliphatic rings. The molecular formula is C20H18N4O3. The molecule has 3 heterocycles. The highest BCUT2D eigenvalue weighted by molar-refractivity contribution is 5.80. The van der Waals surface area contributed by atoms with Crippen LogP contribution in [-0.2, 0) is 23.0 Å². The van der Waals surface area contributed by atoms with Gasteiger partial charge in [-0.1, -0.05) is 24.3 Å². The fourth-order valence-electron chi connectivity index (χ4n) is 3.18. The third kappa shape index (κ3) is 2.87. The van der Waals surface area contributed by atoms with Crippen molar-refractivity contribution in [2.24, 2.45) is 7.05 Å². The summed E-state index contributed by atoms with van der Waals surface area (Å²) in [6, 6.07) is 11.1. The molecule has 0 N–H and O–H groups in total. The molecular weight excluding hydrogens is 344 g/mol. The van der Waals surface area contributed by atoms with Gasteiger partial charge in [0.15, 0.2) is 5.65 Å². The van der Waals surface area contributed by atoms with E-state index in [1.165, 1.54) is 4.57 Å². The van der Waals surface area contributed by atoms with E-state index >= 15 is 0 Å². The fraction of sp³-hybridized carbons (Fsp3) is 0.200. The van der Waals surface area contributed by atoms with Crippen molar-refractivity contribution in [3.05, 3.63) is 64.7 Å². The number of pyridine rings is 1. The van der Waals surface area contributed by atoms with E-state index in [1.54, 1.807) is 38.5 Å². The van der Waals surface area contributed by atoms with Crippen molar-refractivity contribution in [2.75, 3.05) is 6.61 Å². The van der Waals surface area contributed by atoms with E-state index in [-0.39, 0.29) is 17.9 Å². The highest BCUT2D eigenvalue weighted by Crippen LogP contribution is 2.23. The van der Waals surface area contributed by atoms with Gasteiger partial charge in [0.05, 0.1) is 30.3 Å². The molecule has 0 aliphatic carbocycles. The topological polar surface area (TPSA) is 78.5 Å². The van der Waals surface area contributed by atoms with Gasteiger partial charge in [0.2, 0.25) is 5.78 Å². The Hall–Kier alpha value is -3.48. The van der Waals surface area contributed by atoms with Crippen molar-refractivity contribution >= 4 is 22.8 Å². The van der Waals surface area contributed by atoms with Gasteiger partial charge >= 0.3 is 5.97 Å². The Morgan fingerprint density at radius 3 is 2.67 bits per heavy atom. The van der Waals surface area contributed by atoms with E-state index in [0.29, 0.717) is 23.4 Å². The molecule has 0 radical (unpaired) electrons. The van der Waals surface area contributed by atoms with Crippen LogP contribution in [0.2, 0.25) is 0 Å². The zero-order valence-electron chi connectivity index (χ0n) is 15.0. The number of aryl methyl sites for hydroxylation is 1. The zero-order chi connectivity index (χ0) is 19.0. The van der Waals surface area contributed by atoms with Gasteiger partial charge < -0.3 is 4.74 Å². The maximum absolute atomic E-state index is 12.5. The van der Waals surface area contributed by atoms with Crippen molar-refractivity contribution < 1.29 is 9.53 Å². The molecule has 0 spiro atoms. The average molecular weight is 362 g/mol. The summed E-state index contributed by atoms with van der Waals surface area (Å²) in [6.45, 7) is 2.16. The molecule has 7 heteroatoms. The van der Waals surface area contributed by atoms with Gasteiger partial charge in [-0.2, -0.15) is 0 Å². The molecule has 136 valence electrons. The van der Waals surface area contributed by atoms with Gasteiger partial charge in [0.25, 0.3) is 5.56 Å². The largest absolute Gasteiger partial charge is 0.466 e. The third-order valence-corrected chi connectivity index (χ3v) is 4.48. The number of nitrogens with zero attached hydrogens (tertiary/aromatic N) is 4. The van der Waals surface area contributed by atoms with Crippen LogP contribution in [0, 0.1) is 0 Å². The van der Waals surface area contributed by atoms with Gasteiger partial charge in [-0.15, -0.1) is 0 Å². The maximum Gasteiger partial charge on any atom is 0.310 e. The Bertz CT molecular complexity index is 1210. The highest BCUT2D eigenvalue weighted by Gasteiger charge is 2.15. The normalized spacial score (nSPS) is 11.2. The number of rotatable bonds is 4. The van der Waals surface area contributed by atoms with E-state index in [2.05, 4.69) is 9.97 Å². The summed E-state index contributed by atoms with van der Waals surface area (Å²) in [6.07, 6.45) is 3.62. The zero-order valence-corrected chi connectivity index (χ0v) is 15.0. The summed E-state index contributed by atoms with van der Waals surface area (Å²) >= 11 is 0. The smallest absolute Gasteiger partial charge is 0.310 e. The minimum absolute atomic E-state index is 0.132. The van der Waals surface area contributed by atoms with Crippen LogP contribution in [0.25, 0.3) is 28.1 Å². The summed E-state index contributed by atoms with van der Waals surface area (Å²) in [4.78, 5) is 33.0. The van der Waals surface area contributed by atoms with Gasteiger partial charge in [-0.05, 0) is 24.6 Å². The number of benzene rings is 1. The number of ether oxygens (including phenoxy) is 1. The van der Waals surface area contributed by atoms with Crippen LogP contribution < -0.4 is 5.56 Å². The second-order valence-electron chi connectivity index (χ2n) is 6.20. The molecule has 0 fully saturated rings. The SMILES string of the molecule is CCOC(=O)Cc1ccc(-c2cnc3n(C)c(=O)c4cccnc4n23)cc1. The van der Waals surface area contributed by atoms with Crippen LogP contribution in [0.1, 0.15) is 12.5 Å². The monoisotopic (exact) mass is 362 g/mol. The Morgan fingerprint density at radius 2 is 1.93 bits per heavy atom. The molecule has 3 aromatic heterocycles. The third-order valence-electron chi connectivity index (χ3n) is 4.48. The van der Waals surface area contributed by atoms with E-state index in [0.717, 1.165) is 16.8 Å². The summed E-state index contributed by atoms with van der Waals surface area (Å²) in [7, 11) is 1.70. The molecule has 4 aromatic rings. The first-order chi connectivity index (χ1) is 13.1. The van der Waals surface area contributed by atoms with Crippen molar-refractivity contribution in [1.82, 2.24) is 18.9 Å². The van der Waals surface area contributed by atoms with E-state index in [9.17, 15) is 9.59 Å². The molecule has 0 aliphatic heterocycles. The number of carbonyl (C=O) groups is 1. The van der Waals surface area contributed by atoms with Crippen molar-refractivity contribution in [1.29, 1.82) is 0 Å². The van der Waals surface area contributed by atoms with Gasteiger partial charge in [-0.25, -0.2) is 9.97 Å². The Morgan fingerprint density at radius 1 is 1.15 bits per heavy atom. The van der Waals surface area contributed by atoms with Crippen LogP contribution in [0.4, 0.5) is 0 Å². The quantitative estimate of drug-likeness (QED) is 0.521. The molecule has 0 unspecified atom stereocenters. The molecule has 0 amide bonds. The summed E-state index contributed by atoms with van der Waals surface area (Å²) in [5, 5.41) is 0.533. The fourth-order valence-corrected chi connectivity index (χ4v) is 3.18. The van der Waals surface area contributed by atoms with Crippen LogP contribution in [0.5, 0.6) is 0 Å². The molecule has 0 atom stereocenters. The number of aromatic nitrogens is 4. The second-order valence-corrected chi connectivity index (χ2v) is 6.20. The van der Waals surface area contributed by atoms with E-state index in [4.69, 9.17) is 4.74 Å². The number of hydrogen-bond donors (Lipinski definition) is 0. The number of esters is 1. The lowest BCUT2D eigenvalue weighted by molar-refractivity contribution is -0.142. The first-order valence-corrected chi connectivity index (χ1v) is 8.66. The lowest BCUT2D eigenvalue weighted by Gasteiger charge is -2.09. The van der Waals surface area contributed by atoms with Crippen molar-refractivity contribution in [3.63, 3.8) is 0 Å². The van der Waals surface area contributed by atoms with E-state index in [1.807, 2.05) is 28.7 Å². The minimum Gasteiger partial charge on any atom is -0.466 e. The van der Waals surface area contributed by atoms with Crippen molar-refractivity contribution in [3.8, 4) is 11.3 Å². The molecule has 0 saturated carbocycles. The maximum atomic E-state index is 12.5. The van der Waals surface area contributed by atoms with Crippen molar-refractivity contribution in [2.45, 2.75) is 13.3 Å². The summed E-state index contributed by atoms with van der Waals surface area (Å²) in [5.74, 6) is 0.280. The first kappa shape index (κ1) is 17.0. The Balaban J connectivity index is 1.83. The number of carbonyl (C=O) groups excluding carboxylic acids is 1. The van der Waals surface area contributed by atoms with Gasteiger partial charge in [0.1, 0.15) is 0 Å². The van der Waals surface area contributed by atoms with Gasteiger partial charge in [-0.3, -0.25) is 18.6 Å². The predicted molar refractivity (Wildman–Crippen MR) is 102 cm³/mol. The molecule has 4 rings (SSSR count). The summed E-state index contributed by atoms with van der Waals surface area (Å²) < 4.78 is 8.37. The molecule has 0 bridgehead atoms. The Kier molecular flexibility index (Phi) is 4.19. The van der Waals surface area contributed by atoms with E-state index < -0.39 is 0 Å². The van der Waals surface area contributed by atoms with Crippen LogP contribution in [0.15, 0.2) is 53.6 Å². The van der Waals surface area contributed by atoms with Crippen LogP contribution in [-0.4, -0.2) is 31.5 Å². The molecule has 0 saturated heterocycles. The lowest BCUT2D eigenvalue weighted by atomic mass is 10.1. The standard InChI is InChI=1S/C20H18N4O3/c1-3-27-17(25)11-13-6-8-14(9-7-13)16-12-22-20-23(2)19(26)15-5-4-10-21-18(15)24(16)20/h4-10,12H,3,11H2,1-2H3. The number of hydrogen-bond acceptors (Lipinski definition) is 5. The van der Waals surface area contributed by atoms with Crippen LogP contribution in [0.3, 0.4) is 0 Å². The first-order valence-electron chi connectivity index (χ1n) is 8.66. The molecule has 27 heavy (non-hydrogen) atoms. The van der Waals surface area contributed by atoms with Gasteiger partial charge in [0, 0.05) is 18.8 Å². The second kappa shape index (κ2) is 6.68.